The highest BCUT2D eigenvalue weighted by atomic mass is 16.3. The van der Waals surface area contributed by atoms with Crippen molar-refractivity contribution in [3.8, 4) is 0 Å². The fourth-order valence-corrected chi connectivity index (χ4v) is 3.95. The first kappa shape index (κ1) is 36.4. The van der Waals surface area contributed by atoms with Gasteiger partial charge in [-0.3, -0.25) is 4.79 Å². The van der Waals surface area contributed by atoms with Gasteiger partial charge >= 0.3 is 0 Å². The van der Waals surface area contributed by atoms with Crippen LogP contribution in [0.3, 0.4) is 0 Å². The van der Waals surface area contributed by atoms with Gasteiger partial charge in [0.2, 0.25) is 0 Å². The number of rotatable bonds is 12. The van der Waals surface area contributed by atoms with E-state index >= 15 is 0 Å². The summed E-state index contributed by atoms with van der Waals surface area (Å²) >= 11 is 0. The van der Waals surface area contributed by atoms with Gasteiger partial charge in [-0.05, 0) is 75.2 Å². The van der Waals surface area contributed by atoms with E-state index < -0.39 is 0 Å². The zero-order chi connectivity index (χ0) is 27.0. The molecule has 0 heterocycles. The molecule has 0 amide bonds. The Bertz CT molecular complexity index is 539. The molecule has 0 aromatic rings. The van der Waals surface area contributed by atoms with Crippen molar-refractivity contribution in [2.24, 2.45) is 35.5 Å². The minimum absolute atomic E-state index is 0.146. The van der Waals surface area contributed by atoms with Crippen LogP contribution in [-0.4, -0.2) is 28.2 Å². The molecule has 0 aliphatic rings. The number of Topliss-reactive ketones (excluding diaryl/α,β-unsaturated/α-hetero) is 1. The Kier molecular flexibility index (Phi) is 21.1. The van der Waals surface area contributed by atoms with Crippen molar-refractivity contribution in [2.45, 2.75) is 115 Å². The fourth-order valence-electron chi connectivity index (χ4n) is 3.95. The molecule has 5 atom stereocenters. The van der Waals surface area contributed by atoms with E-state index in [1.165, 1.54) is 0 Å². The average molecular weight is 467 g/mol. The van der Waals surface area contributed by atoms with Gasteiger partial charge in [-0.2, -0.15) is 0 Å². The van der Waals surface area contributed by atoms with Gasteiger partial charge in [-0.1, -0.05) is 93.2 Å². The Hall–Kier alpha value is -1.19. The van der Waals surface area contributed by atoms with E-state index in [1.54, 1.807) is 6.92 Å². The number of aliphatic hydroxyl groups is 2. The van der Waals surface area contributed by atoms with Crippen LogP contribution in [0.5, 0.6) is 0 Å². The second-order valence-corrected chi connectivity index (χ2v) is 11.5. The molecule has 0 spiro atoms. The third-order valence-electron chi connectivity index (χ3n) is 5.47. The van der Waals surface area contributed by atoms with Crippen LogP contribution in [0.25, 0.3) is 0 Å². The fraction of sp³-hybridized carbons (Fsp3) is 0.767. The standard InChI is InChI=1S/2C10H20O.C10H18O/c3*1-7(2)6-9(5)10(11)8(3)4/h2*7,9-11H,3,6H2,1-2,4-5H3;7,9H,3,6H2,1-2,4-5H3/t9-,10+;9-,10-;9-/m000/s1. The molecule has 3 heteroatoms. The quantitative estimate of drug-likeness (QED) is 0.226. The summed E-state index contributed by atoms with van der Waals surface area (Å²) in [5, 5.41) is 19.1. The molecule has 196 valence electrons. The maximum Gasteiger partial charge on any atom is 0.160 e. The molecule has 0 saturated carbocycles. The Morgan fingerprint density at radius 1 is 0.606 bits per heavy atom. The molecule has 0 fully saturated rings. The van der Waals surface area contributed by atoms with E-state index in [0.29, 0.717) is 35.2 Å². The zero-order valence-corrected chi connectivity index (χ0v) is 24.2. The molecule has 33 heavy (non-hydrogen) atoms. The average Bonchev–Trinajstić information content (AvgIpc) is 2.65. The first-order valence-electron chi connectivity index (χ1n) is 12.7. The van der Waals surface area contributed by atoms with Crippen molar-refractivity contribution in [1.82, 2.24) is 0 Å². The van der Waals surface area contributed by atoms with Crippen molar-refractivity contribution in [3.05, 3.63) is 36.5 Å². The third-order valence-corrected chi connectivity index (χ3v) is 5.47. The lowest BCUT2D eigenvalue weighted by atomic mass is 9.91. The molecular weight excluding hydrogens is 408 g/mol. The smallest absolute Gasteiger partial charge is 0.160 e. The number of aliphatic hydroxyl groups excluding tert-OH is 2. The topological polar surface area (TPSA) is 57.5 Å². The largest absolute Gasteiger partial charge is 0.389 e. The molecule has 0 aromatic heterocycles. The summed E-state index contributed by atoms with van der Waals surface area (Å²) in [6.07, 6.45) is 2.45. The number of carbonyl (C=O) groups excluding carboxylic acids is 1. The van der Waals surface area contributed by atoms with Gasteiger partial charge in [0.15, 0.2) is 5.78 Å². The zero-order valence-electron chi connectivity index (χ0n) is 24.2. The van der Waals surface area contributed by atoms with E-state index in [4.69, 9.17) is 0 Å². The number of carbonyl (C=O) groups is 1. The maximum absolute atomic E-state index is 11.3. The monoisotopic (exact) mass is 466 g/mol. The van der Waals surface area contributed by atoms with Crippen LogP contribution in [0.1, 0.15) is 102 Å². The minimum atomic E-state index is -0.322. The Morgan fingerprint density at radius 2 is 0.879 bits per heavy atom. The molecule has 0 aliphatic heterocycles. The highest BCUT2D eigenvalue weighted by molar-refractivity contribution is 5.95. The summed E-state index contributed by atoms with van der Waals surface area (Å²) in [4.78, 5) is 11.3. The normalized spacial score (nSPS) is 15.4. The van der Waals surface area contributed by atoms with E-state index in [2.05, 4.69) is 75.1 Å². The Labute approximate surface area is 207 Å². The highest BCUT2D eigenvalue weighted by Gasteiger charge is 2.16. The minimum Gasteiger partial charge on any atom is -0.389 e. The molecule has 0 rings (SSSR count). The molecule has 0 radical (unpaired) electrons. The van der Waals surface area contributed by atoms with Crippen LogP contribution in [0, 0.1) is 35.5 Å². The van der Waals surface area contributed by atoms with Gasteiger partial charge in [0.05, 0.1) is 12.2 Å². The first-order chi connectivity index (χ1) is 14.8. The van der Waals surface area contributed by atoms with Crippen molar-refractivity contribution < 1.29 is 15.0 Å². The van der Waals surface area contributed by atoms with Gasteiger partial charge in [-0.25, -0.2) is 0 Å². The lowest BCUT2D eigenvalue weighted by Crippen LogP contribution is -2.19. The van der Waals surface area contributed by atoms with Crippen LogP contribution in [0.15, 0.2) is 36.5 Å². The summed E-state index contributed by atoms with van der Waals surface area (Å²) < 4.78 is 0. The van der Waals surface area contributed by atoms with Crippen molar-refractivity contribution >= 4 is 5.78 Å². The van der Waals surface area contributed by atoms with Crippen molar-refractivity contribution in [1.29, 1.82) is 0 Å². The second kappa shape index (κ2) is 19.2. The van der Waals surface area contributed by atoms with Gasteiger partial charge in [0, 0.05) is 5.92 Å². The number of hydrogen-bond acceptors (Lipinski definition) is 3. The van der Waals surface area contributed by atoms with E-state index in [1.807, 2.05) is 20.8 Å². The van der Waals surface area contributed by atoms with Crippen molar-refractivity contribution in [2.75, 3.05) is 0 Å². The van der Waals surface area contributed by atoms with Gasteiger partial charge in [-0.15, -0.1) is 0 Å². The highest BCUT2D eigenvalue weighted by Crippen LogP contribution is 2.19. The number of ketones is 1. The summed E-state index contributed by atoms with van der Waals surface area (Å²) in [7, 11) is 0. The molecule has 0 bridgehead atoms. The van der Waals surface area contributed by atoms with Crippen LogP contribution in [0.4, 0.5) is 0 Å². The maximum atomic E-state index is 11.3. The molecule has 2 N–H and O–H groups in total. The molecule has 0 aliphatic carbocycles. The number of allylic oxidation sites excluding steroid dienone is 1. The number of hydrogen-bond donors (Lipinski definition) is 2. The summed E-state index contributed by atoms with van der Waals surface area (Å²) in [5.74, 6) is 2.93. The van der Waals surface area contributed by atoms with Gasteiger partial charge in [0.25, 0.3) is 0 Å². The van der Waals surface area contributed by atoms with E-state index in [9.17, 15) is 15.0 Å². The SMILES string of the molecule is C=C(C)C(=O)[C@@H](C)CC(C)C.C=C(C)[C@@H](O)[C@@H](C)CC(C)C.C=C(C)[C@H](O)[C@@H](C)CC(C)C. The molecular formula is C30H58O3. The molecule has 0 saturated heterocycles. The second-order valence-electron chi connectivity index (χ2n) is 11.5. The van der Waals surface area contributed by atoms with Crippen LogP contribution in [-0.2, 0) is 4.79 Å². The van der Waals surface area contributed by atoms with Crippen LogP contribution >= 0.6 is 0 Å². The molecule has 0 aromatic carbocycles. The molecule has 3 nitrogen and oxygen atoms in total. The van der Waals surface area contributed by atoms with Crippen molar-refractivity contribution in [3.63, 3.8) is 0 Å². The first-order valence-corrected chi connectivity index (χ1v) is 12.7. The predicted molar refractivity (Wildman–Crippen MR) is 147 cm³/mol. The lowest BCUT2D eigenvalue weighted by molar-refractivity contribution is -0.119. The van der Waals surface area contributed by atoms with Crippen LogP contribution < -0.4 is 0 Å². The van der Waals surface area contributed by atoms with Crippen LogP contribution in [0.2, 0.25) is 0 Å². The lowest BCUT2D eigenvalue weighted by Gasteiger charge is -2.20. The summed E-state index contributed by atoms with van der Waals surface area (Å²) in [6, 6.07) is 0. The van der Waals surface area contributed by atoms with E-state index in [0.717, 1.165) is 30.4 Å². The third kappa shape index (κ3) is 21.1. The summed E-state index contributed by atoms with van der Waals surface area (Å²) in [6.45, 7) is 35.7. The van der Waals surface area contributed by atoms with Gasteiger partial charge in [0.1, 0.15) is 0 Å². The summed E-state index contributed by atoms with van der Waals surface area (Å²) in [5.41, 5.74) is 2.43. The van der Waals surface area contributed by atoms with E-state index in [-0.39, 0.29) is 23.9 Å². The Balaban J connectivity index is -0.000000409. The Morgan fingerprint density at radius 3 is 1.06 bits per heavy atom. The van der Waals surface area contributed by atoms with Gasteiger partial charge < -0.3 is 10.2 Å². The predicted octanol–water partition coefficient (Wildman–Crippen LogP) is 8.03. The molecule has 0 unspecified atom stereocenters.